The molecular formula is C22H20ClFN2O4S. The molecule has 1 fully saturated rings. The number of carbonyl (C=O) groups is 3. The molecule has 31 heavy (non-hydrogen) atoms. The molecule has 3 rings (SSSR count). The molecule has 0 aliphatic carbocycles. The Morgan fingerprint density at radius 2 is 2.03 bits per heavy atom. The number of nitrogens with zero attached hydrogens (tertiary/aromatic N) is 1. The van der Waals surface area contributed by atoms with Crippen LogP contribution in [0.15, 0.2) is 47.4 Å². The fourth-order valence-corrected chi connectivity index (χ4v) is 3.71. The lowest BCUT2D eigenvalue weighted by molar-refractivity contribution is -0.127. The summed E-state index contributed by atoms with van der Waals surface area (Å²) in [5.41, 5.74) is 0.925. The molecule has 1 aliphatic rings. The number of para-hydroxylation sites is 1. The number of hydrogen-bond donors (Lipinski definition) is 1. The van der Waals surface area contributed by atoms with Crippen molar-refractivity contribution in [2.75, 3.05) is 11.9 Å². The molecule has 0 radical (unpaired) electrons. The summed E-state index contributed by atoms with van der Waals surface area (Å²) in [6.45, 7) is 3.48. The van der Waals surface area contributed by atoms with E-state index < -0.39 is 29.4 Å². The van der Waals surface area contributed by atoms with Gasteiger partial charge >= 0.3 is 0 Å². The van der Waals surface area contributed by atoms with E-state index in [0.29, 0.717) is 11.3 Å². The maximum absolute atomic E-state index is 13.2. The first-order chi connectivity index (χ1) is 14.8. The van der Waals surface area contributed by atoms with Crippen LogP contribution < -0.4 is 10.1 Å². The van der Waals surface area contributed by atoms with Crippen molar-refractivity contribution in [1.82, 2.24) is 4.90 Å². The Kier molecular flexibility index (Phi) is 7.35. The molecule has 2 aromatic rings. The summed E-state index contributed by atoms with van der Waals surface area (Å²) in [4.78, 5) is 38.4. The monoisotopic (exact) mass is 462 g/mol. The van der Waals surface area contributed by atoms with Crippen LogP contribution in [-0.4, -0.2) is 34.6 Å². The third-order valence-corrected chi connectivity index (χ3v) is 5.68. The number of imide groups is 1. The Balaban J connectivity index is 1.72. The summed E-state index contributed by atoms with van der Waals surface area (Å²) in [7, 11) is 0. The molecule has 2 aromatic carbocycles. The molecule has 3 amide bonds. The maximum Gasteiger partial charge on any atom is 0.294 e. The summed E-state index contributed by atoms with van der Waals surface area (Å²) < 4.78 is 19.1. The molecule has 1 atom stereocenters. The number of halogens is 2. The highest BCUT2D eigenvalue weighted by Crippen LogP contribution is 2.34. The van der Waals surface area contributed by atoms with Crippen LogP contribution in [0, 0.1) is 5.82 Å². The zero-order valence-electron chi connectivity index (χ0n) is 16.9. The van der Waals surface area contributed by atoms with Crippen molar-refractivity contribution < 1.29 is 23.5 Å². The number of carbonyl (C=O) groups excluding carboxylic acids is 3. The Bertz CT molecular complexity index is 1060. The van der Waals surface area contributed by atoms with Gasteiger partial charge in [0.2, 0.25) is 5.91 Å². The van der Waals surface area contributed by atoms with Crippen molar-refractivity contribution in [3.63, 3.8) is 0 Å². The summed E-state index contributed by atoms with van der Waals surface area (Å²) in [5.74, 6) is -1.18. The van der Waals surface area contributed by atoms with E-state index in [-0.39, 0.29) is 21.7 Å². The number of anilines is 1. The molecule has 0 unspecified atom stereocenters. The minimum atomic E-state index is -0.617. The van der Waals surface area contributed by atoms with Gasteiger partial charge in [0.05, 0.1) is 16.0 Å². The van der Waals surface area contributed by atoms with E-state index in [1.807, 2.05) is 19.9 Å². The number of nitrogens with one attached hydrogen (secondary N) is 1. The lowest BCUT2D eigenvalue weighted by Crippen LogP contribution is -2.36. The van der Waals surface area contributed by atoms with E-state index in [1.54, 1.807) is 24.3 Å². The summed E-state index contributed by atoms with van der Waals surface area (Å²) in [6.07, 6.45) is 2.40. The molecule has 0 spiro atoms. The van der Waals surface area contributed by atoms with Gasteiger partial charge in [0, 0.05) is 11.3 Å². The smallest absolute Gasteiger partial charge is 0.294 e. The minimum Gasteiger partial charge on any atom is -0.490 e. The Labute approximate surface area is 188 Å². The number of hydrogen-bond acceptors (Lipinski definition) is 5. The van der Waals surface area contributed by atoms with Crippen LogP contribution in [0.25, 0.3) is 6.08 Å². The van der Waals surface area contributed by atoms with Crippen LogP contribution in [0.5, 0.6) is 5.75 Å². The zero-order chi connectivity index (χ0) is 22.5. The largest absolute Gasteiger partial charge is 0.490 e. The average Bonchev–Trinajstić information content (AvgIpc) is 2.99. The predicted molar refractivity (Wildman–Crippen MR) is 120 cm³/mol. The molecule has 1 aliphatic heterocycles. The van der Waals surface area contributed by atoms with Crippen molar-refractivity contribution in [3.8, 4) is 5.75 Å². The average molecular weight is 463 g/mol. The van der Waals surface area contributed by atoms with E-state index in [2.05, 4.69) is 5.32 Å². The predicted octanol–water partition coefficient (Wildman–Crippen LogP) is 5.33. The van der Waals surface area contributed by atoms with Crippen LogP contribution in [0.4, 0.5) is 14.9 Å². The van der Waals surface area contributed by atoms with Crippen LogP contribution in [0.3, 0.4) is 0 Å². The lowest BCUT2D eigenvalue weighted by Gasteiger charge is -2.15. The number of thioether (sulfide) groups is 1. The van der Waals surface area contributed by atoms with Gasteiger partial charge in [-0.25, -0.2) is 4.39 Å². The van der Waals surface area contributed by atoms with E-state index >= 15 is 0 Å². The maximum atomic E-state index is 13.2. The molecule has 1 saturated heterocycles. The van der Waals surface area contributed by atoms with Gasteiger partial charge in [0.15, 0.2) is 0 Å². The number of rotatable bonds is 7. The van der Waals surface area contributed by atoms with Gasteiger partial charge in [0.1, 0.15) is 18.1 Å². The summed E-state index contributed by atoms with van der Waals surface area (Å²) in [6, 6.07) is 10.9. The normalized spacial score (nSPS) is 16.0. The summed E-state index contributed by atoms with van der Waals surface area (Å²) >= 11 is 6.45. The summed E-state index contributed by atoms with van der Waals surface area (Å²) in [5, 5.41) is 1.79. The molecule has 162 valence electrons. The van der Waals surface area contributed by atoms with E-state index in [0.717, 1.165) is 29.1 Å². The molecule has 0 aromatic heterocycles. The SMILES string of the molecule is CC[C@H](C)Oc1ccccc1/C=C1/SC(=O)N(CC(=O)Nc2ccc(F)c(Cl)c2)C1=O. The van der Waals surface area contributed by atoms with Gasteiger partial charge in [0.25, 0.3) is 11.1 Å². The van der Waals surface area contributed by atoms with Gasteiger partial charge in [-0.1, -0.05) is 36.7 Å². The Morgan fingerprint density at radius 3 is 2.74 bits per heavy atom. The Morgan fingerprint density at radius 1 is 1.29 bits per heavy atom. The molecule has 1 heterocycles. The van der Waals surface area contributed by atoms with Crippen molar-refractivity contribution in [2.24, 2.45) is 0 Å². The lowest BCUT2D eigenvalue weighted by atomic mass is 10.1. The van der Waals surface area contributed by atoms with Crippen molar-refractivity contribution in [3.05, 3.63) is 63.8 Å². The van der Waals surface area contributed by atoms with Gasteiger partial charge < -0.3 is 10.1 Å². The highest BCUT2D eigenvalue weighted by Gasteiger charge is 2.36. The first-order valence-electron chi connectivity index (χ1n) is 9.54. The number of benzene rings is 2. The molecule has 0 saturated carbocycles. The van der Waals surface area contributed by atoms with Crippen LogP contribution in [0.1, 0.15) is 25.8 Å². The van der Waals surface area contributed by atoms with E-state index in [1.165, 1.54) is 12.1 Å². The third kappa shape index (κ3) is 5.65. The molecule has 1 N–H and O–H groups in total. The number of amides is 3. The fourth-order valence-electron chi connectivity index (χ4n) is 2.70. The highest BCUT2D eigenvalue weighted by atomic mass is 35.5. The third-order valence-electron chi connectivity index (χ3n) is 4.49. The molecule has 9 heteroatoms. The molecule has 0 bridgehead atoms. The van der Waals surface area contributed by atoms with Crippen LogP contribution >= 0.6 is 23.4 Å². The fraction of sp³-hybridized carbons (Fsp3) is 0.227. The van der Waals surface area contributed by atoms with Crippen molar-refractivity contribution in [2.45, 2.75) is 26.4 Å². The number of ether oxygens (including phenoxy) is 1. The first kappa shape index (κ1) is 22.8. The zero-order valence-corrected chi connectivity index (χ0v) is 18.4. The van der Waals surface area contributed by atoms with Crippen molar-refractivity contribution >= 4 is 52.2 Å². The second-order valence-electron chi connectivity index (χ2n) is 6.82. The van der Waals surface area contributed by atoms with Crippen molar-refractivity contribution in [1.29, 1.82) is 0 Å². The second kappa shape index (κ2) is 9.98. The van der Waals surface area contributed by atoms with Crippen LogP contribution in [-0.2, 0) is 9.59 Å². The second-order valence-corrected chi connectivity index (χ2v) is 8.22. The van der Waals surface area contributed by atoms with Gasteiger partial charge in [-0.2, -0.15) is 0 Å². The Hall–Kier alpha value is -2.84. The topological polar surface area (TPSA) is 75.7 Å². The van der Waals surface area contributed by atoms with E-state index in [4.69, 9.17) is 16.3 Å². The van der Waals surface area contributed by atoms with E-state index in [9.17, 15) is 18.8 Å². The van der Waals surface area contributed by atoms with Crippen LogP contribution in [0.2, 0.25) is 5.02 Å². The highest BCUT2D eigenvalue weighted by molar-refractivity contribution is 8.18. The van der Waals surface area contributed by atoms with Gasteiger partial charge in [-0.3, -0.25) is 19.3 Å². The molecule has 6 nitrogen and oxygen atoms in total. The van der Waals surface area contributed by atoms with Gasteiger partial charge in [-0.05, 0) is 55.4 Å². The molecular weight excluding hydrogens is 443 g/mol. The van der Waals surface area contributed by atoms with Gasteiger partial charge in [-0.15, -0.1) is 0 Å². The minimum absolute atomic E-state index is 0.00623. The first-order valence-corrected chi connectivity index (χ1v) is 10.7. The standard InChI is InChI=1S/C22H20ClFN2O4S/c1-3-13(2)30-18-7-5-4-6-14(18)10-19-21(28)26(22(29)31-19)12-20(27)25-15-8-9-17(24)16(23)11-15/h4-11,13H,3,12H2,1-2H3,(H,25,27)/b19-10+/t13-/m0/s1. The quantitative estimate of drug-likeness (QED) is 0.563.